The van der Waals surface area contributed by atoms with Crippen molar-refractivity contribution >= 4 is 17.2 Å². The van der Waals surface area contributed by atoms with Crippen LogP contribution >= 0.6 is 11.3 Å². The summed E-state index contributed by atoms with van der Waals surface area (Å²) in [5, 5.41) is 2.03. The average molecular weight is 275 g/mol. The first-order chi connectivity index (χ1) is 9.24. The van der Waals surface area contributed by atoms with Gasteiger partial charge in [0.1, 0.15) is 5.75 Å². The zero-order valence-corrected chi connectivity index (χ0v) is 11.9. The number of hydrogen-bond donors (Lipinski definition) is 0. The molecule has 0 fully saturated rings. The van der Waals surface area contributed by atoms with Crippen molar-refractivity contribution in [2.75, 3.05) is 13.7 Å². The van der Waals surface area contributed by atoms with Crippen molar-refractivity contribution in [3.8, 4) is 5.75 Å². The number of carbonyl (C=O) groups excluding carboxylic acids is 1. The van der Waals surface area contributed by atoms with Gasteiger partial charge in [0.15, 0.2) is 0 Å². The first-order valence-electron chi connectivity index (χ1n) is 6.20. The summed E-state index contributed by atoms with van der Waals surface area (Å²) in [6.45, 7) is 3.36. The Morgan fingerprint density at radius 2 is 2.00 bits per heavy atom. The fourth-order valence-electron chi connectivity index (χ4n) is 1.83. The number of carbonyl (C=O) groups is 1. The predicted octanol–water partition coefficient (Wildman–Crippen LogP) is 3.42. The smallest absolute Gasteiger partial charge is 0.254 e. The first kappa shape index (κ1) is 13.6. The minimum Gasteiger partial charge on any atom is -0.497 e. The molecule has 0 bridgehead atoms. The van der Waals surface area contributed by atoms with Gasteiger partial charge in [0.05, 0.1) is 13.7 Å². The Hall–Kier alpha value is -1.81. The standard InChI is InChI=1S/C15H17NO2S/c1-3-16(11-14-5-4-10-19-14)15(17)12-6-8-13(18-2)9-7-12/h4-10H,3,11H2,1-2H3. The minimum atomic E-state index is 0.0542. The van der Waals surface area contributed by atoms with E-state index in [2.05, 4.69) is 6.07 Å². The third kappa shape index (κ3) is 3.35. The Morgan fingerprint density at radius 1 is 1.26 bits per heavy atom. The molecule has 0 aliphatic heterocycles. The molecule has 0 atom stereocenters. The van der Waals surface area contributed by atoms with Crippen LogP contribution in [-0.4, -0.2) is 24.5 Å². The lowest BCUT2D eigenvalue weighted by Gasteiger charge is -2.20. The van der Waals surface area contributed by atoms with Crippen LogP contribution in [-0.2, 0) is 6.54 Å². The van der Waals surface area contributed by atoms with Crippen molar-refractivity contribution in [1.82, 2.24) is 4.90 Å². The number of amides is 1. The number of nitrogens with zero attached hydrogens (tertiary/aromatic N) is 1. The van der Waals surface area contributed by atoms with Gasteiger partial charge in [-0.05, 0) is 42.6 Å². The van der Waals surface area contributed by atoms with Crippen LogP contribution in [0.1, 0.15) is 22.2 Å². The van der Waals surface area contributed by atoms with Gasteiger partial charge in [-0.2, -0.15) is 0 Å². The van der Waals surface area contributed by atoms with E-state index < -0.39 is 0 Å². The van der Waals surface area contributed by atoms with Gasteiger partial charge in [0, 0.05) is 17.0 Å². The second-order valence-corrected chi connectivity index (χ2v) is 5.16. The summed E-state index contributed by atoms with van der Waals surface area (Å²) >= 11 is 1.67. The molecule has 2 aromatic rings. The van der Waals surface area contributed by atoms with Crippen LogP contribution in [0.25, 0.3) is 0 Å². The van der Waals surface area contributed by atoms with Crippen LogP contribution in [0.3, 0.4) is 0 Å². The second kappa shape index (κ2) is 6.38. The van der Waals surface area contributed by atoms with E-state index in [1.54, 1.807) is 30.6 Å². The molecule has 1 aromatic heterocycles. The van der Waals surface area contributed by atoms with Crippen molar-refractivity contribution in [2.24, 2.45) is 0 Å². The highest BCUT2D eigenvalue weighted by Gasteiger charge is 2.14. The van der Waals surface area contributed by atoms with Crippen LogP contribution in [0.5, 0.6) is 5.75 Å². The zero-order valence-electron chi connectivity index (χ0n) is 11.1. The van der Waals surface area contributed by atoms with Crippen molar-refractivity contribution < 1.29 is 9.53 Å². The molecule has 0 spiro atoms. The van der Waals surface area contributed by atoms with Gasteiger partial charge >= 0.3 is 0 Å². The quantitative estimate of drug-likeness (QED) is 0.836. The highest BCUT2D eigenvalue weighted by atomic mass is 32.1. The fourth-order valence-corrected chi connectivity index (χ4v) is 2.55. The van der Waals surface area contributed by atoms with Gasteiger partial charge in [-0.15, -0.1) is 11.3 Å². The molecule has 0 N–H and O–H groups in total. The summed E-state index contributed by atoms with van der Waals surface area (Å²) in [7, 11) is 1.62. The Kier molecular flexibility index (Phi) is 4.58. The van der Waals surface area contributed by atoms with Crippen molar-refractivity contribution in [1.29, 1.82) is 0 Å². The lowest BCUT2D eigenvalue weighted by molar-refractivity contribution is 0.0754. The molecule has 0 saturated carbocycles. The Morgan fingerprint density at radius 3 is 2.53 bits per heavy atom. The molecule has 0 aliphatic rings. The molecule has 1 aromatic carbocycles. The SMILES string of the molecule is CCN(Cc1cccs1)C(=O)c1ccc(OC)cc1. The molecule has 0 radical (unpaired) electrons. The van der Waals surface area contributed by atoms with Gasteiger partial charge in [-0.1, -0.05) is 6.07 Å². The van der Waals surface area contributed by atoms with Gasteiger partial charge in [-0.3, -0.25) is 4.79 Å². The number of benzene rings is 1. The normalized spacial score (nSPS) is 10.2. The van der Waals surface area contributed by atoms with Gasteiger partial charge in [0.2, 0.25) is 0 Å². The van der Waals surface area contributed by atoms with Crippen LogP contribution < -0.4 is 4.74 Å². The average Bonchev–Trinajstić information content (AvgIpc) is 2.97. The van der Waals surface area contributed by atoms with Crippen molar-refractivity contribution in [2.45, 2.75) is 13.5 Å². The Balaban J connectivity index is 2.10. The van der Waals surface area contributed by atoms with Crippen molar-refractivity contribution in [3.05, 3.63) is 52.2 Å². The molecule has 0 unspecified atom stereocenters. The monoisotopic (exact) mass is 275 g/mol. The van der Waals surface area contributed by atoms with E-state index in [-0.39, 0.29) is 5.91 Å². The summed E-state index contributed by atoms with van der Waals surface area (Å²) in [5.41, 5.74) is 0.694. The minimum absolute atomic E-state index is 0.0542. The predicted molar refractivity (Wildman–Crippen MR) is 77.7 cm³/mol. The van der Waals surface area contributed by atoms with Crippen LogP contribution in [0, 0.1) is 0 Å². The van der Waals surface area contributed by atoms with Crippen LogP contribution in [0.4, 0.5) is 0 Å². The Labute approximate surface area is 117 Å². The summed E-state index contributed by atoms with van der Waals surface area (Å²) < 4.78 is 5.10. The van der Waals surface area contributed by atoms with E-state index in [1.807, 2.05) is 35.4 Å². The molecule has 100 valence electrons. The molecular formula is C15H17NO2S. The maximum Gasteiger partial charge on any atom is 0.254 e. The highest BCUT2D eigenvalue weighted by Crippen LogP contribution is 2.16. The zero-order chi connectivity index (χ0) is 13.7. The second-order valence-electron chi connectivity index (χ2n) is 4.13. The summed E-state index contributed by atoms with van der Waals surface area (Å²) in [6, 6.07) is 11.3. The molecular weight excluding hydrogens is 258 g/mol. The van der Waals surface area contributed by atoms with E-state index >= 15 is 0 Å². The topological polar surface area (TPSA) is 29.5 Å². The number of thiophene rings is 1. The maximum absolute atomic E-state index is 12.4. The van der Waals surface area contributed by atoms with E-state index in [0.29, 0.717) is 18.7 Å². The van der Waals surface area contributed by atoms with E-state index in [1.165, 1.54) is 4.88 Å². The number of rotatable bonds is 5. The number of hydrogen-bond acceptors (Lipinski definition) is 3. The highest BCUT2D eigenvalue weighted by molar-refractivity contribution is 7.09. The fraction of sp³-hybridized carbons (Fsp3) is 0.267. The third-order valence-corrected chi connectivity index (χ3v) is 3.79. The summed E-state index contributed by atoms with van der Waals surface area (Å²) in [5.74, 6) is 0.816. The molecule has 1 amide bonds. The third-order valence-electron chi connectivity index (χ3n) is 2.93. The van der Waals surface area contributed by atoms with Crippen LogP contribution in [0.2, 0.25) is 0 Å². The number of ether oxygens (including phenoxy) is 1. The van der Waals surface area contributed by atoms with Gasteiger partial charge in [-0.25, -0.2) is 0 Å². The number of methoxy groups -OCH3 is 1. The summed E-state index contributed by atoms with van der Waals surface area (Å²) in [6.07, 6.45) is 0. The molecule has 0 aliphatic carbocycles. The molecule has 3 nitrogen and oxygen atoms in total. The van der Waals surface area contributed by atoms with E-state index in [0.717, 1.165) is 5.75 Å². The first-order valence-corrected chi connectivity index (χ1v) is 7.08. The van der Waals surface area contributed by atoms with Crippen molar-refractivity contribution in [3.63, 3.8) is 0 Å². The molecule has 19 heavy (non-hydrogen) atoms. The molecule has 1 heterocycles. The maximum atomic E-state index is 12.4. The van der Waals surface area contributed by atoms with E-state index in [9.17, 15) is 4.79 Å². The Bertz CT molecular complexity index is 520. The molecule has 2 rings (SSSR count). The molecule has 0 saturated heterocycles. The summed E-state index contributed by atoms with van der Waals surface area (Å²) in [4.78, 5) is 15.4. The van der Waals surface area contributed by atoms with E-state index in [4.69, 9.17) is 4.74 Å². The van der Waals surface area contributed by atoms with Gasteiger partial charge < -0.3 is 9.64 Å². The van der Waals surface area contributed by atoms with Crippen LogP contribution in [0.15, 0.2) is 41.8 Å². The van der Waals surface area contributed by atoms with Gasteiger partial charge in [0.25, 0.3) is 5.91 Å². The molecule has 4 heteroatoms. The largest absolute Gasteiger partial charge is 0.497 e. The lowest BCUT2D eigenvalue weighted by atomic mass is 10.2. The lowest BCUT2D eigenvalue weighted by Crippen LogP contribution is -2.29.